The van der Waals surface area contributed by atoms with E-state index in [1.165, 1.54) is 17.5 Å². The number of rotatable bonds is 8. The number of hydrogen-bond acceptors (Lipinski definition) is 3. The molecule has 0 saturated carbocycles. The van der Waals surface area contributed by atoms with Gasteiger partial charge in [0.2, 0.25) is 5.91 Å². The number of amides is 4. The minimum absolute atomic E-state index is 0.184. The minimum atomic E-state index is -1.03. The molecule has 4 amide bonds. The van der Waals surface area contributed by atoms with Gasteiger partial charge in [0.1, 0.15) is 6.04 Å². The monoisotopic (exact) mass is 567 g/mol. The number of H-pyrrole nitrogens is 1. The lowest BCUT2D eigenvalue weighted by Gasteiger charge is -2.34. The predicted molar refractivity (Wildman–Crippen MR) is 164 cm³/mol. The Morgan fingerprint density at radius 1 is 1.00 bits per heavy atom. The van der Waals surface area contributed by atoms with Crippen molar-refractivity contribution in [2.24, 2.45) is 0 Å². The second kappa shape index (κ2) is 12.8. The van der Waals surface area contributed by atoms with Crippen molar-refractivity contribution in [3.63, 3.8) is 0 Å². The Labute approximate surface area is 245 Å². The third kappa shape index (κ3) is 6.57. The molecule has 1 aromatic heterocycles. The molecule has 42 heavy (non-hydrogen) atoms. The molecule has 0 spiro atoms. The zero-order valence-corrected chi connectivity index (χ0v) is 23.9. The summed E-state index contributed by atoms with van der Waals surface area (Å²) in [6.07, 6.45) is 2.59. The van der Waals surface area contributed by atoms with E-state index in [2.05, 4.69) is 27.8 Å². The van der Waals surface area contributed by atoms with Gasteiger partial charge in [0.15, 0.2) is 0 Å². The number of benzene rings is 3. The standard InChI is InChI=1S/C33H37N5O4/c1-22(28-20-34-29-14-7-6-13-27(28)29)30(31(39)35-26-12-8-9-23(19-26)21-37(2)33(41)42)36-32(40)38-17-15-25(16-18-38)24-10-4-3-5-11-24/h3-14,19-20,22,25,30,34H,15-18,21H2,1-2H3,(H,35,39)(H,36,40)(H,41,42)/t22-,30+/m0/s1. The van der Waals surface area contributed by atoms with Crippen molar-refractivity contribution in [1.29, 1.82) is 0 Å². The van der Waals surface area contributed by atoms with E-state index in [4.69, 9.17) is 0 Å². The third-order valence-electron chi connectivity index (χ3n) is 8.17. The number of fused-ring (bicyclic) bond motifs is 1. The maximum absolute atomic E-state index is 13.8. The van der Waals surface area contributed by atoms with Crippen molar-refractivity contribution in [1.82, 2.24) is 20.1 Å². The van der Waals surface area contributed by atoms with Gasteiger partial charge in [-0.3, -0.25) is 4.79 Å². The number of nitrogens with zero attached hydrogens (tertiary/aromatic N) is 2. The largest absolute Gasteiger partial charge is 0.465 e. The van der Waals surface area contributed by atoms with Gasteiger partial charge in [0.05, 0.1) is 0 Å². The summed E-state index contributed by atoms with van der Waals surface area (Å²) in [5.41, 5.74) is 4.46. The fourth-order valence-electron chi connectivity index (χ4n) is 5.74. The van der Waals surface area contributed by atoms with Crippen LogP contribution in [0.1, 0.15) is 48.3 Å². The SMILES string of the molecule is C[C@@H](c1c[nH]c2ccccc12)[C@@H](NC(=O)N1CCC(c2ccccc2)CC1)C(=O)Nc1cccc(CN(C)C(=O)O)c1. The molecule has 0 radical (unpaired) electrons. The van der Waals surface area contributed by atoms with Crippen LogP contribution in [0, 0.1) is 0 Å². The van der Waals surface area contributed by atoms with Crippen molar-refractivity contribution in [3.05, 3.63) is 102 Å². The smallest absolute Gasteiger partial charge is 0.407 e. The Hall–Kier alpha value is -4.79. The maximum Gasteiger partial charge on any atom is 0.407 e. The highest BCUT2D eigenvalue weighted by Crippen LogP contribution is 2.30. The van der Waals surface area contributed by atoms with E-state index in [-0.39, 0.29) is 24.4 Å². The van der Waals surface area contributed by atoms with Crippen LogP contribution in [0.25, 0.3) is 10.9 Å². The summed E-state index contributed by atoms with van der Waals surface area (Å²) in [6.45, 7) is 3.35. The van der Waals surface area contributed by atoms with Crippen molar-refractivity contribution in [3.8, 4) is 0 Å². The summed E-state index contributed by atoms with van der Waals surface area (Å²) >= 11 is 0. The maximum atomic E-state index is 13.8. The number of aromatic amines is 1. The summed E-state index contributed by atoms with van der Waals surface area (Å²) in [5, 5.41) is 16.2. The number of hydrogen-bond donors (Lipinski definition) is 4. The lowest BCUT2D eigenvalue weighted by molar-refractivity contribution is -0.118. The van der Waals surface area contributed by atoms with Crippen molar-refractivity contribution < 1.29 is 19.5 Å². The number of likely N-dealkylation sites (tertiary alicyclic amines) is 1. The van der Waals surface area contributed by atoms with Crippen LogP contribution in [0.4, 0.5) is 15.3 Å². The summed E-state index contributed by atoms with van der Waals surface area (Å²) < 4.78 is 0. The molecule has 4 aromatic rings. The fraction of sp³-hybridized carbons (Fsp3) is 0.303. The number of carbonyl (C=O) groups is 3. The summed E-state index contributed by atoms with van der Waals surface area (Å²) in [4.78, 5) is 44.9. The zero-order chi connectivity index (χ0) is 29.6. The highest BCUT2D eigenvalue weighted by atomic mass is 16.4. The topological polar surface area (TPSA) is 118 Å². The first-order chi connectivity index (χ1) is 20.3. The molecule has 0 unspecified atom stereocenters. The molecule has 1 fully saturated rings. The van der Waals surface area contributed by atoms with Gasteiger partial charge < -0.3 is 30.5 Å². The highest BCUT2D eigenvalue weighted by Gasteiger charge is 2.32. The number of piperidine rings is 1. The Morgan fingerprint density at radius 3 is 2.45 bits per heavy atom. The van der Waals surface area contributed by atoms with Gasteiger partial charge in [-0.2, -0.15) is 0 Å². The van der Waals surface area contributed by atoms with E-state index in [1.807, 2.05) is 61.7 Å². The number of aromatic nitrogens is 1. The molecule has 0 aliphatic carbocycles. The molecule has 1 saturated heterocycles. The van der Waals surface area contributed by atoms with Crippen molar-refractivity contribution in [2.75, 3.05) is 25.5 Å². The first kappa shape index (κ1) is 28.7. The Bertz CT molecular complexity index is 1540. The van der Waals surface area contributed by atoms with Gasteiger partial charge >= 0.3 is 12.1 Å². The third-order valence-corrected chi connectivity index (χ3v) is 8.17. The lowest BCUT2D eigenvalue weighted by atomic mass is 9.89. The van der Waals surface area contributed by atoms with E-state index in [0.717, 1.165) is 34.9 Å². The first-order valence-corrected chi connectivity index (χ1v) is 14.3. The van der Waals surface area contributed by atoms with Gasteiger partial charge in [-0.25, -0.2) is 9.59 Å². The second-order valence-electron chi connectivity index (χ2n) is 11.0. The molecule has 9 nitrogen and oxygen atoms in total. The van der Waals surface area contributed by atoms with Crippen molar-refractivity contribution in [2.45, 2.75) is 44.2 Å². The van der Waals surface area contributed by atoms with E-state index < -0.39 is 12.1 Å². The molecule has 4 N–H and O–H groups in total. The number of carbonyl (C=O) groups excluding carboxylic acids is 2. The van der Waals surface area contributed by atoms with Crippen LogP contribution >= 0.6 is 0 Å². The van der Waals surface area contributed by atoms with Crippen LogP contribution < -0.4 is 10.6 Å². The van der Waals surface area contributed by atoms with Crippen LogP contribution in [0.2, 0.25) is 0 Å². The molecular formula is C33H37N5O4. The van der Waals surface area contributed by atoms with E-state index in [9.17, 15) is 19.5 Å². The quantitative estimate of drug-likeness (QED) is 0.210. The van der Waals surface area contributed by atoms with Gasteiger partial charge in [-0.05, 0) is 53.6 Å². The van der Waals surface area contributed by atoms with Crippen LogP contribution in [-0.2, 0) is 11.3 Å². The van der Waals surface area contributed by atoms with Crippen LogP contribution in [0.15, 0.2) is 85.1 Å². The molecule has 0 bridgehead atoms. The molecule has 1 aliphatic heterocycles. The summed E-state index contributed by atoms with van der Waals surface area (Å²) in [5.74, 6) is -0.274. The molecule has 218 valence electrons. The summed E-state index contributed by atoms with van der Waals surface area (Å²) in [6, 6.07) is 24.2. The van der Waals surface area contributed by atoms with E-state index in [0.29, 0.717) is 24.7 Å². The van der Waals surface area contributed by atoms with Gasteiger partial charge in [-0.1, -0.05) is 67.6 Å². The highest BCUT2D eigenvalue weighted by molar-refractivity contribution is 5.98. The normalized spacial score (nSPS) is 15.1. The number of para-hydroxylation sites is 1. The molecule has 9 heteroatoms. The summed E-state index contributed by atoms with van der Waals surface area (Å²) in [7, 11) is 1.49. The minimum Gasteiger partial charge on any atom is -0.465 e. The first-order valence-electron chi connectivity index (χ1n) is 14.3. The molecule has 5 rings (SSSR count). The average molecular weight is 568 g/mol. The molecule has 1 aliphatic rings. The molecular weight excluding hydrogens is 530 g/mol. The van der Waals surface area contributed by atoms with Crippen LogP contribution in [-0.4, -0.2) is 64.1 Å². The second-order valence-corrected chi connectivity index (χ2v) is 11.0. The Morgan fingerprint density at radius 2 is 1.71 bits per heavy atom. The molecule has 2 heterocycles. The van der Waals surface area contributed by atoms with Crippen molar-refractivity contribution >= 4 is 34.6 Å². The number of urea groups is 1. The Kier molecular flexibility index (Phi) is 8.76. The predicted octanol–water partition coefficient (Wildman–Crippen LogP) is 5.98. The van der Waals surface area contributed by atoms with Gasteiger partial charge in [0, 0.05) is 55.4 Å². The molecule has 2 atom stereocenters. The average Bonchev–Trinajstić information content (AvgIpc) is 3.44. The van der Waals surface area contributed by atoms with Gasteiger partial charge in [-0.15, -0.1) is 0 Å². The van der Waals surface area contributed by atoms with E-state index in [1.54, 1.807) is 23.1 Å². The number of nitrogens with one attached hydrogen (secondary N) is 3. The lowest BCUT2D eigenvalue weighted by Crippen LogP contribution is -2.53. The number of anilines is 1. The fourth-order valence-corrected chi connectivity index (χ4v) is 5.74. The Balaban J connectivity index is 1.33. The van der Waals surface area contributed by atoms with Gasteiger partial charge in [0.25, 0.3) is 0 Å². The molecule has 3 aromatic carbocycles. The number of carboxylic acid groups (broad SMARTS) is 1. The van der Waals surface area contributed by atoms with E-state index >= 15 is 0 Å². The zero-order valence-electron chi connectivity index (χ0n) is 23.9. The van der Waals surface area contributed by atoms with Crippen LogP contribution in [0.5, 0.6) is 0 Å². The van der Waals surface area contributed by atoms with Crippen LogP contribution in [0.3, 0.4) is 0 Å².